The molecule has 0 aromatic heterocycles. The van der Waals surface area contributed by atoms with Crippen molar-refractivity contribution < 1.29 is 0 Å². The molecule has 4 unspecified atom stereocenters. The second-order valence-corrected chi connectivity index (χ2v) is 4.71. The summed E-state index contributed by atoms with van der Waals surface area (Å²) in [7, 11) is 1.17. The van der Waals surface area contributed by atoms with Gasteiger partial charge in [0.05, 0.1) is 0 Å². The molecule has 0 spiro atoms. The topological polar surface area (TPSA) is 0 Å². The van der Waals surface area contributed by atoms with Gasteiger partial charge in [-0.05, 0) is 43.4 Å². The molecule has 1 saturated carbocycles. The molecule has 2 bridgehead atoms. The highest BCUT2D eigenvalue weighted by molar-refractivity contribution is 7.36. The maximum Gasteiger partial charge on any atom is -0.0196 e. The molecule has 2 aliphatic rings. The maximum absolute atomic E-state index is 2.46. The summed E-state index contributed by atoms with van der Waals surface area (Å²) in [6, 6.07) is 0. The minimum absolute atomic E-state index is 0.978. The van der Waals surface area contributed by atoms with Crippen LogP contribution in [0.1, 0.15) is 12.8 Å². The lowest BCUT2D eigenvalue weighted by Crippen LogP contribution is -2.08. The Balaban J connectivity index is 1.96. The highest BCUT2D eigenvalue weighted by Crippen LogP contribution is 2.44. The summed E-state index contributed by atoms with van der Waals surface area (Å²) in [6.45, 7) is 2.33. The van der Waals surface area contributed by atoms with Crippen molar-refractivity contribution in [2.24, 2.45) is 17.8 Å². The molecule has 0 aromatic rings. The van der Waals surface area contributed by atoms with E-state index in [0.29, 0.717) is 0 Å². The van der Waals surface area contributed by atoms with E-state index in [1.165, 1.54) is 27.6 Å². The summed E-state index contributed by atoms with van der Waals surface area (Å²) >= 11 is 0. The van der Waals surface area contributed by atoms with Crippen molar-refractivity contribution in [1.29, 1.82) is 0 Å². The molecule has 56 valence electrons. The van der Waals surface area contributed by atoms with Crippen LogP contribution in [0.5, 0.6) is 0 Å². The van der Waals surface area contributed by atoms with Crippen molar-refractivity contribution in [3.8, 4) is 0 Å². The van der Waals surface area contributed by atoms with Gasteiger partial charge in [0.15, 0.2) is 0 Å². The molecule has 0 heterocycles. The Labute approximate surface area is 64.9 Å². The van der Waals surface area contributed by atoms with Gasteiger partial charge in [-0.3, -0.25) is 0 Å². The van der Waals surface area contributed by atoms with Gasteiger partial charge in [0.1, 0.15) is 0 Å². The van der Waals surface area contributed by atoms with E-state index in [0.717, 1.165) is 17.8 Å². The zero-order chi connectivity index (χ0) is 6.97. The lowest BCUT2D eigenvalue weighted by molar-refractivity contribution is 0.501. The molecule has 0 nitrogen and oxygen atoms in total. The maximum atomic E-state index is 2.46. The summed E-state index contributed by atoms with van der Waals surface area (Å²) in [5.41, 5.74) is 0. The van der Waals surface area contributed by atoms with Gasteiger partial charge in [-0.25, -0.2) is 0 Å². The first-order valence-corrected chi connectivity index (χ1v) is 5.94. The Kier molecular flexibility index (Phi) is 1.82. The lowest BCUT2D eigenvalue weighted by Gasteiger charge is -2.16. The van der Waals surface area contributed by atoms with Crippen molar-refractivity contribution in [1.82, 2.24) is 0 Å². The fourth-order valence-electron chi connectivity index (χ4n) is 2.39. The molecule has 0 N–H and O–H groups in total. The second kappa shape index (κ2) is 2.66. The molecule has 0 saturated heterocycles. The van der Waals surface area contributed by atoms with Gasteiger partial charge in [-0.1, -0.05) is 12.2 Å². The Hall–Kier alpha value is 0.170. The van der Waals surface area contributed by atoms with E-state index in [1.807, 2.05) is 0 Å². The average molecular weight is 154 g/mol. The molecule has 2 rings (SSSR count). The van der Waals surface area contributed by atoms with Gasteiger partial charge in [0, 0.05) is 0 Å². The van der Waals surface area contributed by atoms with Crippen LogP contribution in [-0.2, 0) is 0 Å². The van der Waals surface area contributed by atoms with E-state index in [4.69, 9.17) is 0 Å². The van der Waals surface area contributed by atoms with E-state index in [-0.39, 0.29) is 0 Å². The second-order valence-electron chi connectivity index (χ2n) is 3.60. The summed E-state index contributed by atoms with van der Waals surface area (Å²) in [5.74, 6) is 3.03. The van der Waals surface area contributed by atoms with Crippen LogP contribution in [-0.4, -0.2) is 12.8 Å². The van der Waals surface area contributed by atoms with Crippen LogP contribution in [0.2, 0.25) is 0 Å². The highest BCUT2D eigenvalue weighted by Gasteiger charge is 2.34. The first-order valence-electron chi connectivity index (χ1n) is 4.23. The van der Waals surface area contributed by atoms with Crippen molar-refractivity contribution in [3.63, 3.8) is 0 Å². The SMILES string of the molecule is CPCC1CC2C=CC1C2. The van der Waals surface area contributed by atoms with Crippen molar-refractivity contribution in [2.75, 3.05) is 12.8 Å². The Bertz CT molecular complexity index is 151. The number of rotatable bonds is 2. The molecular formula is C9H15P. The predicted octanol–water partition coefficient (Wildman–Crippen LogP) is 2.51. The van der Waals surface area contributed by atoms with E-state index < -0.39 is 0 Å². The molecule has 1 fully saturated rings. The summed E-state index contributed by atoms with van der Waals surface area (Å²) < 4.78 is 0. The minimum Gasteiger partial charge on any atom is -0.125 e. The Morgan fingerprint density at radius 2 is 2.30 bits per heavy atom. The third-order valence-corrected chi connectivity index (χ3v) is 3.82. The van der Waals surface area contributed by atoms with Crippen molar-refractivity contribution in [3.05, 3.63) is 12.2 Å². The molecular weight excluding hydrogens is 139 g/mol. The standard InChI is InChI=1S/C9H15P/c1-10-6-9-5-7-2-3-8(9)4-7/h2-3,7-10H,4-6H2,1H3. The smallest absolute Gasteiger partial charge is 0.0196 e. The molecule has 2 aliphatic carbocycles. The van der Waals surface area contributed by atoms with Gasteiger partial charge in [-0.2, -0.15) is 0 Å². The Morgan fingerprint density at radius 3 is 2.80 bits per heavy atom. The number of hydrogen-bond acceptors (Lipinski definition) is 0. The predicted molar refractivity (Wildman–Crippen MR) is 48.0 cm³/mol. The molecule has 10 heavy (non-hydrogen) atoms. The van der Waals surface area contributed by atoms with Gasteiger partial charge < -0.3 is 0 Å². The summed E-state index contributed by atoms with van der Waals surface area (Å²) in [4.78, 5) is 0. The summed E-state index contributed by atoms with van der Waals surface area (Å²) in [5, 5.41) is 0. The van der Waals surface area contributed by atoms with E-state index in [2.05, 4.69) is 18.8 Å². The molecule has 0 aliphatic heterocycles. The van der Waals surface area contributed by atoms with Crippen LogP contribution < -0.4 is 0 Å². The van der Waals surface area contributed by atoms with Crippen LogP contribution in [0, 0.1) is 17.8 Å². The van der Waals surface area contributed by atoms with Gasteiger partial charge in [-0.15, -0.1) is 8.58 Å². The number of allylic oxidation sites excluding steroid dienone is 2. The third kappa shape index (κ3) is 1.03. The van der Waals surface area contributed by atoms with E-state index >= 15 is 0 Å². The average Bonchev–Trinajstić information content (AvgIpc) is 2.48. The van der Waals surface area contributed by atoms with Gasteiger partial charge in [0.2, 0.25) is 0 Å². The Morgan fingerprint density at radius 1 is 1.40 bits per heavy atom. The highest BCUT2D eigenvalue weighted by atomic mass is 31.1. The van der Waals surface area contributed by atoms with E-state index in [1.54, 1.807) is 0 Å². The fraction of sp³-hybridized carbons (Fsp3) is 0.778. The monoisotopic (exact) mass is 154 g/mol. The molecule has 1 heteroatoms. The quantitative estimate of drug-likeness (QED) is 0.423. The molecule has 0 aromatic carbocycles. The summed E-state index contributed by atoms with van der Waals surface area (Å²) in [6.07, 6.45) is 9.36. The van der Waals surface area contributed by atoms with Crippen LogP contribution in [0.25, 0.3) is 0 Å². The zero-order valence-electron chi connectivity index (χ0n) is 6.51. The van der Waals surface area contributed by atoms with Gasteiger partial charge in [0.25, 0.3) is 0 Å². The number of hydrogen-bond donors (Lipinski definition) is 0. The van der Waals surface area contributed by atoms with Crippen LogP contribution in [0.4, 0.5) is 0 Å². The molecule has 0 amide bonds. The van der Waals surface area contributed by atoms with Crippen LogP contribution in [0.3, 0.4) is 0 Å². The third-order valence-electron chi connectivity index (χ3n) is 2.88. The normalized spacial score (nSPS) is 44.3. The van der Waals surface area contributed by atoms with Gasteiger partial charge >= 0.3 is 0 Å². The van der Waals surface area contributed by atoms with Crippen LogP contribution in [0.15, 0.2) is 12.2 Å². The fourth-order valence-corrected chi connectivity index (χ4v) is 3.39. The molecule has 4 atom stereocenters. The minimum atomic E-state index is 0.978. The van der Waals surface area contributed by atoms with E-state index in [9.17, 15) is 0 Å². The zero-order valence-corrected chi connectivity index (χ0v) is 7.51. The lowest BCUT2D eigenvalue weighted by atomic mass is 9.96. The largest absolute Gasteiger partial charge is 0.125 e. The number of fused-ring (bicyclic) bond motifs is 2. The molecule has 0 radical (unpaired) electrons. The van der Waals surface area contributed by atoms with Crippen LogP contribution >= 0.6 is 8.58 Å². The van der Waals surface area contributed by atoms with Crippen molar-refractivity contribution >= 4 is 8.58 Å². The first kappa shape index (κ1) is 6.85. The first-order chi connectivity index (χ1) is 4.90. The van der Waals surface area contributed by atoms with Crippen molar-refractivity contribution in [2.45, 2.75) is 12.8 Å².